The zero-order valence-corrected chi connectivity index (χ0v) is 21.0. The molecule has 0 aliphatic carbocycles. The van der Waals surface area contributed by atoms with Gasteiger partial charge in [-0.1, -0.05) is 32.1 Å². The average Bonchev–Trinajstić information content (AvgIpc) is 2.89. The van der Waals surface area contributed by atoms with E-state index in [0.717, 1.165) is 63.5 Å². The molecular formula is C28H38N4O3. The Labute approximate surface area is 208 Å². The van der Waals surface area contributed by atoms with Crippen molar-refractivity contribution >= 4 is 17.4 Å². The number of β-amino-alcohol motifs (C(OH)–C–C–N with tert-alkyl or cyclic N) is 1. The Bertz CT molecular complexity index is 976. The van der Waals surface area contributed by atoms with Gasteiger partial charge in [-0.05, 0) is 66.9 Å². The van der Waals surface area contributed by atoms with Crippen LogP contribution in [0.3, 0.4) is 0 Å². The van der Waals surface area contributed by atoms with Gasteiger partial charge < -0.3 is 19.6 Å². The summed E-state index contributed by atoms with van der Waals surface area (Å²) >= 11 is 0. The molecule has 1 amide bonds. The molecule has 1 N–H and O–H groups in total. The number of rotatable bonds is 10. The first-order valence-corrected chi connectivity index (χ1v) is 13.0. The van der Waals surface area contributed by atoms with Crippen molar-refractivity contribution in [3.05, 3.63) is 53.9 Å². The number of aliphatic hydroxyl groups excluding tert-OH is 1. The summed E-state index contributed by atoms with van der Waals surface area (Å²) in [5, 5.41) is 9.35. The highest BCUT2D eigenvalue weighted by atomic mass is 16.5. The number of aryl methyl sites for hydroxylation is 1. The number of amides is 1. The minimum absolute atomic E-state index is 0.124. The topological polar surface area (TPSA) is 78.8 Å². The highest BCUT2D eigenvalue weighted by Gasteiger charge is 2.27. The number of carbonyl (C=O) groups is 1. The van der Waals surface area contributed by atoms with Crippen LogP contribution >= 0.6 is 0 Å². The Morgan fingerprint density at radius 1 is 1.11 bits per heavy atom. The Kier molecular flexibility index (Phi) is 8.74. The standard InChI is InChI=1S/C28H38N4O3/c1-3-21-16-29-28(30-17-21)31-14-12-22(13-15-31)20-35-26-10-8-24(9-11-26)23(4-2)6-5-7-27(34)32-18-25(33)19-32/h6,8-11,16-17,22,25,33H,3-5,7,12-15,18-20H2,1-2H3/b23-6+. The first-order chi connectivity index (χ1) is 17.1. The number of likely N-dealkylation sites (tertiary alicyclic amines) is 1. The monoisotopic (exact) mass is 478 g/mol. The molecule has 2 saturated heterocycles. The van der Waals surface area contributed by atoms with Gasteiger partial charge in [0.15, 0.2) is 0 Å². The molecule has 2 aromatic rings. The molecule has 0 spiro atoms. The summed E-state index contributed by atoms with van der Waals surface area (Å²) in [6.45, 7) is 7.86. The van der Waals surface area contributed by atoms with E-state index >= 15 is 0 Å². The molecule has 7 heteroatoms. The van der Waals surface area contributed by atoms with E-state index < -0.39 is 0 Å². The highest BCUT2D eigenvalue weighted by molar-refractivity contribution is 5.77. The molecule has 2 aliphatic rings. The van der Waals surface area contributed by atoms with Crippen LogP contribution in [-0.4, -0.2) is 64.8 Å². The van der Waals surface area contributed by atoms with Gasteiger partial charge in [0.1, 0.15) is 5.75 Å². The van der Waals surface area contributed by atoms with E-state index in [1.807, 2.05) is 24.5 Å². The molecule has 1 aromatic carbocycles. The minimum atomic E-state index is -0.340. The smallest absolute Gasteiger partial charge is 0.225 e. The molecule has 0 bridgehead atoms. The Hall–Kier alpha value is -2.93. The van der Waals surface area contributed by atoms with Gasteiger partial charge >= 0.3 is 0 Å². The first kappa shape index (κ1) is 25.2. The van der Waals surface area contributed by atoms with Crippen molar-refractivity contribution in [2.24, 2.45) is 5.92 Å². The van der Waals surface area contributed by atoms with Gasteiger partial charge in [0.25, 0.3) is 0 Å². The van der Waals surface area contributed by atoms with Crippen LogP contribution < -0.4 is 9.64 Å². The van der Waals surface area contributed by atoms with Gasteiger partial charge in [-0.2, -0.15) is 0 Å². The highest BCUT2D eigenvalue weighted by Crippen LogP contribution is 2.25. The van der Waals surface area contributed by atoms with Gasteiger partial charge in [-0.25, -0.2) is 9.97 Å². The lowest BCUT2D eigenvalue weighted by atomic mass is 9.98. The predicted octanol–water partition coefficient (Wildman–Crippen LogP) is 4.11. The van der Waals surface area contributed by atoms with Crippen molar-refractivity contribution in [3.8, 4) is 5.75 Å². The van der Waals surface area contributed by atoms with Crippen molar-refractivity contribution in [2.45, 2.75) is 58.5 Å². The van der Waals surface area contributed by atoms with Crippen LogP contribution in [0.4, 0.5) is 5.95 Å². The molecule has 7 nitrogen and oxygen atoms in total. The molecule has 188 valence electrons. The van der Waals surface area contributed by atoms with Crippen molar-refractivity contribution < 1.29 is 14.6 Å². The molecule has 0 radical (unpaired) electrons. The zero-order valence-electron chi connectivity index (χ0n) is 21.0. The number of hydrogen-bond donors (Lipinski definition) is 1. The summed E-state index contributed by atoms with van der Waals surface area (Å²) < 4.78 is 6.11. The molecule has 35 heavy (non-hydrogen) atoms. The van der Waals surface area contributed by atoms with Gasteiger partial charge in [0, 0.05) is 45.0 Å². The number of nitrogens with zero attached hydrogens (tertiary/aromatic N) is 4. The number of ether oxygens (including phenoxy) is 1. The fourth-order valence-electron chi connectivity index (χ4n) is 4.63. The number of benzene rings is 1. The SMILES string of the molecule is CC/C(=C\CCC(=O)N1CC(O)C1)c1ccc(OCC2CCN(c3ncc(CC)cn3)CC2)cc1. The molecule has 0 saturated carbocycles. The van der Waals surface area contributed by atoms with E-state index in [1.165, 1.54) is 16.7 Å². The maximum absolute atomic E-state index is 12.1. The quantitative estimate of drug-likeness (QED) is 0.554. The predicted molar refractivity (Wildman–Crippen MR) is 138 cm³/mol. The Balaban J connectivity index is 1.20. The fraction of sp³-hybridized carbons (Fsp3) is 0.536. The minimum Gasteiger partial charge on any atom is -0.493 e. The third-order valence-electron chi connectivity index (χ3n) is 7.05. The number of anilines is 1. The summed E-state index contributed by atoms with van der Waals surface area (Å²) in [7, 11) is 0. The number of hydrogen-bond acceptors (Lipinski definition) is 6. The van der Waals surface area contributed by atoms with Crippen LogP contribution in [0.25, 0.3) is 5.57 Å². The third kappa shape index (κ3) is 6.82. The normalized spacial score (nSPS) is 17.4. The molecule has 3 heterocycles. The lowest BCUT2D eigenvalue weighted by Crippen LogP contribution is -2.53. The third-order valence-corrected chi connectivity index (χ3v) is 7.05. The van der Waals surface area contributed by atoms with Crippen molar-refractivity contribution in [2.75, 3.05) is 37.7 Å². The van der Waals surface area contributed by atoms with E-state index in [9.17, 15) is 9.90 Å². The van der Waals surface area contributed by atoms with Crippen LogP contribution in [0, 0.1) is 5.92 Å². The summed E-state index contributed by atoms with van der Waals surface area (Å²) in [5.41, 5.74) is 3.59. The second-order valence-corrected chi connectivity index (χ2v) is 9.58. The second-order valence-electron chi connectivity index (χ2n) is 9.58. The molecule has 0 unspecified atom stereocenters. The number of carbonyl (C=O) groups excluding carboxylic acids is 1. The molecule has 1 aromatic heterocycles. The van der Waals surface area contributed by atoms with E-state index in [0.29, 0.717) is 25.4 Å². The maximum Gasteiger partial charge on any atom is 0.225 e. The van der Waals surface area contributed by atoms with Crippen molar-refractivity contribution in [1.82, 2.24) is 14.9 Å². The van der Waals surface area contributed by atoms with Gasteiger partial charge in [0.2, 0.25) is 11.9 Å². The van der Waals surface area contributed by atoms with Gasteiger partial charge in [0.05, 0.1) is 12.7 Å². The van der Waals surface area contributed by atoms with Crippen LogP contribution in [0.2, 0.25) is 0 Å². The maximum atomic E-state index is 12.1. The fourth-order valence-corrected chi connectivity index (χ4v) is 4.63. The molecule has 2 fully saturated rings. The molecule has 2 aliphatic heterocycles. The van der Waals surface area contributed by atoms with E-state index in [-0.39, 0.29) is 12.0 Å². The van der Waals surface area contributed by atoms with E-state index in [2.05, 4.69) is 46.9 Å². The summed E-state index contributed by atoms with van der Waals surface area (Å²) in [6, 6.07) is 8.31. The van der Waals surface area contributed by atoms with Crippen molar-refractivity contribution in [3.63, 3.8) is 0 Å². The Morgan fingerprint density at radius 3 is 2.40 bits per heavy atom. The number of piperidine rings is 1. The largest absolute Gasteiger partial charge is 0.493 e. The van der Waals surface area contributed by atoms with Gasteiger partial charge in [-0.3, -0.25) is 4.79 Å². The lowest BCUT2D eigenvalue weighted by Gasteiger charge is -2.35. The number of aliphatic hydroxyl groups is 1. The van der Waals surface area contributed by atoms with E-state index in [4.69, 9.17) is 4.74 Å². The molecule has 4 rings (SSSR count). The van der Waals surface area contributed by atoms with Crippen LogP contribution in [0.15, 0.2) is 42.7 Å². The number of aromatic nitrogens is 2. The summed E-state index contributed by atoms with van der Waals surface area (Å²) in [5.74, 6) is 2.40. The Morgan fingerprint density at radius 2 is 1.80 bits per heavy atom. The lowest BCUT2D eigenvalue weighted by molar-refractivity contribution is -0.141. The van der Waals surface area contributed by atoms with Crippen LogP contribution in [-0.2, 0) is 11.2 Å². The zero-order chi connectivity index (χ0) is 24.6. The number of allylic oxidation sites excluding steroid dienone is 2. The van der Waals surface area contributed by atoms with Crippen LogP contribution in [0.1, 0.15) is 57.1 Å². The summed E-state index contributed by atoms with van der Waals surface area (Å²) in [6.07, 6.45) is 10.9. The average molecular weight is 479 g/mol. The molecular weight excluding hydrogens is 440 g/mol. The summed E-state index contributed by atoms with van der Waals surface area (Å²) in [4.78, 5) is 25.1. The van der Waals surface area contributed by atoms with Gasteiger partial charge in [-0.15, -0.1) is 0 Å². The molecule has 0 atom stereocenters. The first-order valence-electron chi connectivity index (χ1n) is 13.0. The van der Waals surface area contributed by atoms with Crippen molar-refractivity contribution in [1.29, 1.82) is 0 Å². The van der Waals surface area contributed by atoms with Crippen LogP contribution in [0.5, 0.6) is 5.75 Å². The van der Waals surface area contributed by atoms with E-state index in [1.54, 1.807) is 4.90 Å². The second kappa shape index (κ2) is 12.2.